The van der Waals surface area contributed by atoms with E-state index in [0.29, 0.717) is 11.4 Å². The first kappa shape index (κ1) is 15.9. The minimum atomic E-state index is -0.296. The first-order valence-corrected chi connectivity index (χ1v) is 7.46. The minimum absolute atomic E-state index is 0.0878. The van der Waals surface area contributed by atoms with Gasteiger partial charge < -0.3 is 10.4 Å². The Labute approximate surface area is 129 Å². The number of nitrogens with zero attached hydrogens (tertiary/aromatic N) is 3. The van der Waals surface area contributed by atoms with E-state index in [1.807, 2.05) is 38.1 Å². The SMILES string of the molecule is Cc1c(C(C)NCCC(C)O)nnn1-c1ccc(Cl)cc1. The summed E-state index contributed by atoms with van der Waals surface area (Å²) in [4.78, 5) is 0. The van der Waals surface area contributed by atoms with Crippen molar-refractivity contribution in [2.75, 3.05) is 6.54 Å². The van der Waals surface area contributed by atoms with Crippen molar-refractivity contribution in [2.24, 2.45) is 0 Å². The van der Waals surface area contributed by atoms with E-state index in [9.17, 15) is 5.11 Å². The van der Waals surface area contributed by atoms with Crippen LogP contribution < -0.4 is 5.32 Å². The first-order valence-electron chi connectivity index (χ1n) is 7.08. The Morgan fingerprint density at radius 3 is 2.57 bits per heavy atom. The van der Waals surface area contributed by atoms with Gasteiger partial charge in [-0.15, -0.1) is 5.10 Å². The number of nitrogens with one attached hydrogen (secondary N) is 1. The average molecular weight is 309 g/mol. The molecule has 1 aromatic heterocycles. The Kier molecular flexibility index (Phi) is 5.33. The highest BCUT2D eigenvalue weighted by Crippen LogP contribution is 2.19. The van der Waals surface area contributed by atoms with Gasteiger partial charge in [0.15, 0.2) is 0 Å². The molecule has 0 aliphatic heterocycles. The van der Waals surface area contributed by atoms with Crippen LogP contribution >= 0.6 is 11.6 Å². The second kappa shape index (κ2) is 7.02. The van der Waals surface area contributed by atoms with Crippen molar-refractivity contribution >= 4 is 11.6 Å². The highest BCUT2D eigenvalue weighted by molar-refractivity contribution is 6.30. The molecule has 114 valence electrons. The molecular weight excluding hydrogens is 288 g/mol. The van der Waals surface area contributed by atoms with Crippen LogP contribution in [0.2, 0.25) is 5.02 Å². The number of rotatable bonds is 6. The van der Waals surface area contributed by atoms with Gasteiger partial charge in [-0.3, -0.25) is 0 Å². The molecule has 2 aromatic rings. The fourth-order valence-electron chi connectivity index (χ4n) is 2.17. The summed E-state index contributed by atoms with van der Waals surface area (Å²) in [5.41, 5.74) is 2.84. The number of benzene rings is 1. The molecule has 5 nitrogen and oxygen atoms in total. The maximum absolute atomic E-state index is 9.28. The van der Waals surface area contributed by atoms with Crippen LogP contribution in [0.25, 0.3) is 5.69 Å². The van der Waals surface area contributed by atoms with Crippen LogP contribution in [-0.4, -0.2) is 32.7 Å². The Morgan fingerprint density at radius 2 is 1.95 bits per heavy atom. The molecule has 21 heavy (non-hydrogen) atoms. The molecule has 0 saturated carbocycles. The summed E-state index contributed by atoms with van der Waals surface area (Å²) in [6.45, 7) is 6.57. The van der Waals surface area contributed by atoms with Gasteiger partial charge in [0, 0.05) is 5.02 Å². The molecule has 0 radical (unpaired) electrons. The van der Waals surface area contributed by atoms with E-state index in [4.69, 9.17) is 11.6 Å². The lowest BCUT2D eigenvalue weighted by atomic mass is 10.2. The third kappa shape index (κ3) is 4.03. The Morgan fingerprint density at radius 1 is 1.29 bits per heavy atom. The number of aromatic nitrogens is 3. The number of hydrogen-bond donors (Lipinski definition) is 2. The van der Waals surface area contributed by atoms with Gasteiger partial charge in [0.1, 0.15) is 5.69 Å². The van der Waals surface area contributed by atoms with Crippen LogP contribution in [0.5, 0.6) is 0 Å². The minimum Gasteiger partial charge on any atom is -0.393 e. The van der Waals surface area contributed by atoms with Gasteiger partial charge >= 0.3 is 0 Å². The van der Waals surface area contributed by atoms with Crippen molar-refractivity contribution in [1.82, 2.24) is 20.3 Å². The zero-order chi connectivity index (χ0) is 15.4. The average Bonchev–Trinajstić information content (AvgIpc) is 2.81. The standard InChI is InChI=1S/C15H21ClN4O/c1-10(21)8-9-17-11(2)15-12(3)20(19-18-15)14-6-4-13(16)5-7-14/h4-7,10-11,17,21H,8-9H2,1-3H3. The summed E-state index contributed by atoms with van der Waals surface area (Å²) >= 11 is 5.90. The Bertz CT molecular complexity index is 580. The van der Waals surface area contributed by atoms with Crippen LogP contribution in [0.4, 0.5) is 0 Å². The van der Waals surface area contributed by atoms with Crippen LogP contribution in [-0.2, 0) is 0 Å². The summed E-state index contributed by atoms with van der Waals surface area (Å²) in [5, 5.41) is 21.8. The van der Waals surface area contributed by atoms with Crippen molar-refractivity contribution < 1.29 is 5.11 Å². The largest absolute Gasteiger partial charge is 0.393 e. The molecule has 1 heterocycles. The summed E-state index contributed by atoms with van der Waals surface area (Å²) < 4.78 is 1.80. The molecule has 0 fully saturated rings. The monoisotopic (exact) mass is 308 g/mol. The zero-order valence-corrected chi connectivity index (χ0v) is 13.3. The first-order chi connectivity index (χ1) is 9.99. The quantitative estimate of drug-likeness (QED) is 0.861. The van der Waals surface area contributed by atoms with Crippen molar-refractivity contribution in [3.05, 3.63) is 40.7 Å². The second-order valence-electron chi connectivity index (χ2n) is 5.26. The maximum atomic E-state index is 9.28. The highest BCUT2D eigenvalue weighted by Gasteiger charge is 2.16. The maximum Gasteiger partial charge on any atom is 0.103 e. The smallest absolute Gasteiger partial charge is 0.103 e. The fraction of sp³-hybridized carbons (Fsp3) is 0.467. The van der Waals surface area contributed by atoms with E-state index in [-0.39, 0.29) is 12.1 Å². The number of halogens is 1. The normalized spacial score (nSPS) is 14.1. The second-order valence-corrected chi connectivity index (χ2v) is 5.70. The van der Waals surface area contributed by atoms with Gasteiger partial charge in [0.05, 0.1) is 23.5 Å². The fourth-order valence-corrected chi connectivity index (χ4v) is 2.30. The molecule has 0 amide bonds. The molecule has 0 bridgehead atoms. The van der Waals surface area contributed by atoms with Gasteiger partial charge in [-0.05, 0) is 58.0 Å². The third-order valence-corrected chi connectivity index (χ3v) is 3.68. The molecule has 2 rings (SSSR count). The van der Waals surface area contributed by atoms with Gasteiger partial charge in [0.2, 0.25) is 0 Å². The van der Waals surface area contributed by atoms with Crippen molar-refractivity contribution in [3.63, 3.8) is 0 Å². The summed E-state index contributed by atoms with van der Waals surface area (Å²) in [7, 11) is 0. The van der Waals surface area contributed by atoms with E-state index in [1.165, 1.54) is 0 Å². The predicted octanol–water partition coefficient (Wildman–Crippen LogP) is 2.65. The van der Waals surface area contributed by atoms with Crippen LogP contribution in [0.15, 0.2) is 24.3 Å². The molecule has 0 spiro atoms. The Hall–Kier alpha value is -1.43. The summed E-state index contributed by atoms with van der Waals surface area (Å²) in [6.07, 6.45) is 0.421. The number of aliphatic hydroxyl groups is 1. The molecule has 0 aliphatic rings. The summed E-state index contributed by atoms with van der Waals surface area (Å²) in [6, 6.07) is 7.59. The van der Waals surface area contributed by atoms with E-state index in [2.05, 4.69) is 15.6 Å². The molecule has 0 aliphatic carbocycles. The lowest BCUT2D eigenvalue weighted by Crippen LogP contribution is -2.23. The highest BCUT2D eigenvalue weighted by atomic mass is 35.5. The van der Waals surface area contributed by atoms with Crippen LogP contribution in [0, 0.1) is 6.92 Å². The molecule has 2 atom stereocenters. The van der Waals surface area contributed by atoms with Crippen molar-refractivity contribution in [3.8, 4) is 5.69 Å². The number of hydrogen-bond acceptors (Lipinski definition) is 4. The molecular formula is C15H21ClN4O. The van der Waals surface area contributed by atoms with Gasteiger partial charge in [-0.2, -0.15) is 0 Å². The van der Waals surface area contributed by atoms with Crippen LogP contribution in [0.3, 0.4) is 0 Å². The predicted molar refractivity (Wildman–Crippen MR) is 83.8 cm³/mol. The molecule has 2 unspecified atom stereocenters. The molecule has 2 N–H and O–H groups in total. The van der Waals surface area contributed by atoms with Gasteiger partial charge in [-0.1, -0.05) is 16.8 Å². The van der Waals surface area contributed by atoms with Gasteiger partial charge in [0.25, 0.3) is 0 Å². The van der Waals surface area contributed by atoms with E-state index < -0.39 is 0 Å². The van der Waals surface area contributed by atoms with E-state index in [0.717, 1.165) is 23.6 Å². The van der Waals surface area contributed by atoms with Crippen molar-refractivity contribution in [1.29, 1.82) is 0 Å². The lowest BCUT2D eigenvalue weighted by molar-refractivity contribution is 0.182. The topological polar surface area (TPSA) is 63.0 Å². The lowest BCUT2D eigenvalue weighted by Gasteiger charge is -2.13. The van der Waals surface area contributed by atoms with Crippen LogP contribution in [0.1, 0.15) is 37.7 Å². The Balaban J connectivity index is 2.11. The molecule has 6 heteroatoms. The third-order valence-electron chi connectivity index (χ3n) is 3.42. The van der Waals surface area contributed by atoms with Gasteiger partial charge in [-0.25, -0.2) is 4.68 Å². The van der Waals surface area contributed by atoms with E-state index in [1.54, 1.807) is 11.6 Å². The van der Waals surface area contributed by atoms with Crippen molar-refractivity contribution in [2.45, 2.75) is 39.3 Å². The molecule has 1 aromatic carbocycles. The number of aliphatic hydroxyl groups excluding tert-OH is 1. The zero-order valence-electron chi connectivity index (χ0n) is 12.5. The molecule has 0 saturated heterocycles. The summed E-state index contributed by atoms with van der Waals surface area (Å²) in [5.74, 6) is 0. The van der Waals surface area contributed by atoms with E-state index >= 15 is 0 Å².